The van der Waals surface area contributed by atoms with Gasteiger partial charge in [0.05, 0.1) is 4.32 Å². The molecule has 16 heavy (non-hydrogen) atoms. The zero-order valence-corrected chi connectivity index (χ0v) is 11.9. The van der Waals surface area contributed by atoms with Gasteiger partial charge in [-0.15, -0.1) is 0 Å². The number of hydrogen-bond donors (Lipinski definition) is 0. The number of hydrogen-bond acceptors (Lipinski definition) is 1. The Labute approximate surface area is 106 Å². The maximum Gasteiger partial charge on any atom is 0.156 e. The molecule has 0 N–H and O–H groups in total. The van der Waals surface area contributed by atoms with Gasteiger partial charge in [0.2, 0.25) is 0 Å². The topological polar surface area (TPSA) is 17.1 Å². The van der Waals surface area contributed by atoms with E-state index in [1.54, 1.807) is 5.57 Å². The molecule has 4 bridgehead atoms. The third kappa shape index (κ3) is 1.01. The Morgan fingerprint density at radius 3 is 2.69 bits per heavy atom. The minimum absolute atomic E-state index is 0.0225. The SMILES string of the molecule is CC(C)=C1CC[C@@]2(C)C(=O)[C@]3(Br)CC[C@H]2[C@H]13. The minimum atomic E-state index is -0.199. The first-order valence-corrected chi connectivity index (χ1v) is 7.10. The number of halogens is 1. The monoisotopic (exact) mass is 282 g/mol. The van der Waals surface area contributed by atoms with Crippen LogP contribution in [0.5, 0.6) is 0 Å². The molecular weight excluding hydrogens is 264 g/mol. The van der Waals surface area contributed by atoms with Crippen LogP contribution in [-0.4, -0.2) is 10.1 Å². The van der Waals surface area contributed by atoms with Gasteiger partial charge in [-0.3, -0.25) is 4.79 Å². The molecule has 0 aromatic rings. The number of allylic oxidation sites excluding steroid dienone is 2. The van der Waals surface area contributed by atoms with E-state index in [9.17, 15) is 4.79 Å². The first-order valence-electron chi connectivity index (χ1n) is 6.31. The fourth-order valence-corrected chi connectivity index (χ4v) is 5.80. The molecule has 4 atom stereocenters. The molecule has 3 saturated carbocycles. The van der Waals surface area contributed by atoms with Crippen molar-refractivity contribution in [3.05, 3.63) is 11.1 Å². The molecule has 0 aliphatic heterocycles. The van der Waals surface area contributed by atoms with Crippen molar-refractivity contribution in [2.45, 2.75) is 50.8 Å². The number of Topliss-reactive ketones (excluding diaryl/α,β-unsaturated/α-hetero) is 1. The van der Waals surface area contributed by atoms with Crippen LogP contribution in [0.15, 0.2) is 11.1 Å². The molecule has 0 amide bonds. The van der Waals surface area contributed by atoms with Crippen molar-refractivity contribution >= 4 is 21.7 Å². The van der Waals surface area contributed by atoms with Crippen molar-refractivity contribution in [1.82, 2.24) is 0 Å². The van der Waals surface area contributed by atoms with E-state index in [-0.39, 0.29) is 9.74 Å². The Morgan fingerprint density at radius 2 is 2.06 bits per heavy atom. The van der Waals surface area contributed by atoms with Crippen molar-refractivity contribution in [2.24, 2.45) is 17.3 Å². The number of rotatable bonds is 0. The van der Waals surface area contributed by atoms with E-state index in [2.05, 4.69) is 36.7 Å². The van der Waals surface area contributed by atoms with Crippen LogP contribution in [-0.2, 0) is 4.79 Å². The number of ketones is 1. The third-order valence-electron chi connectivity index (χ3n) is 5.36. The zero-order chi connectivity index (χ0) is 11.7. The van der Waals surface area contributed by atoms with E-state index < -0.39 is 0 Å². The molecule has 0 radical (unpaired) electrons. The molecular formula is C14H19BrO. The van der Waals surface area contributed by atoms with Crippen LogP contribution in [0.2, 0.25) is 0 Å². The quantitative estimate of drug-likeness (QED) is 0.487. The van der Waals surface area contributed by atoms with Crippen LogP contribution >= 0.6 is 15.9 Å². The van der Waals surface area contributed by atoms with Gasteiger partial charge in [0, 0.05) is 11.3 Å². The Kier molecular flexibility index (Phi) is 2.07. The number of carbonyl (C=O) groups is 1. The van der Waals surface area contributed by atoms with E-state index in [0.29, 0.717) is 17.6 Å². The van der Waals surface area contributed by atoms with Crippen LogP contribution in [0.1, 0.15) is 46.5 Å². The van der Waals surface area contributed by atoms with Gasteiger partial charge in [-0.25, -0.2) is 0 Å². The lowest BCUT2D eigenvalue weighted by atomic mass is 9.65. The predicted octanol–water partition coefficient (Wildman–Crippen LogP) is 3.87. The zero-order valence-electron chi connectivity index (χ0n) is 10.3. The lowest BCUT2D eigenvalue weighted by Gasteiger charge is -2.37. The van der Waals surface area contributed by atoms with Crippen LogP contribution < -0.4 is 0 Å². The summed E-state index contributed by atoms with van der Waals surface area (Å²) in [5.41, 5.74) is 2.99. The standard InChI is InChI=1S/C14H19BrO/c1-8(2)9-4-6-13(3)10-5-7-14(15,11(9)10)12(13)16/h10-11H,4-7H2,1-3H3/t10-,11-,13+,14-/m0/s1. The molecule has 3 rings (SSSR count). The van der Waals surface area contributed by atoms with E-state index in [0.717, 1.165) is 19.3 Å². The fraction of sp³-hybridized carbons (Fsp3) is 0.786. The van der Waals surface area contributed by atoms with Crippen molar-refractivity contribution in [1.29, 1.82) is 0 Å². The summed E-state index contributed by atoms with van der Waals surface area (Å²) < 4.78 is -0.199. The highest BCUT2D eigenvalue weighted by molar-refractivity contribution is 9.10. The van der Waals surface area contributed by atoms with Crippen LogP contribution in [0, 0.1) is 17.3 Å². The Hall–Kier alpha value is -0.110. The molecule has 1 nitrogen and oxygen atoms in total. The Morgan fingerprint density at radius 1 is 1.38 bits per heavy atom. The largest absolute Gasteiger partial charge is 0.297 e. The summed E-state index contributed by atoms with van der Waals surface area (Å²) in [6.45, 7) is 6.62. The highest BCUT2D eigenvalue weighted by Gasteiger charge is 2.70. The molecule has 0 saturated heterocycles. The first-order chi connectivity index (χ1) is 7.41. The predicted molar refractivity (Wildman–Crippen MR) is 68.6 cm³/mol. The molecule has 3 fully saturated rings. The van der Waals surface area contributed by atoms with Gasteiger partial charge in [-0.2, -0.15) is 0 Å². The van der Waals surface area contributed by atoms with Crippen LogP contribution in [0.25, 0.3) is 0 Å². The maximum atomic E-state index is 12.6. The minimum Gasteiger partial charge on any atom is -0.297 e. The van der Waals surface area contributed by atoms with Gasteiger partial charge in [0.1, 0.15) is 0 Å². The summed E-state index contributed by atoms with van der Waals surface area (Å²) in [4.78, 5) is 12.6. The van der Waals surface area contributed by atoms with E-state index >= 15 is 0 Å². The summed E-state index contributed by atoms with van der Waals surface area (Å²) in [6.07, 6.45) is 4.49. The van der Waals surface area contributed by atoms with Crippen molar-refractivity contribution < 1.29 is 4.79 Å². The molecule has 0 aromatic heterocycles. The summed E-state index contributed by atoms with van der Waals surface area (Å²) in [5.74, 6) is 1.61. The Bertz CT molecular complexity index is 407. The highest BCUT2D eigenvalue weighted by atomic mass is 79.9. The molecule has 0 unspecified atom stereocenters. The highest BCUT2D eigenvalue weighted by Crippen LogP contribution is 2.69. The average molecular weight is 283 g/mol. The van der Waals surface area contributed by atoms with Gasteiger partial charge in [0.25, 0.3) is 0 Å². The van der Waals surface area contributed by atoms with Gasteiger partial charge < -0.3 is 0 Å². The van der Waals surface area contributed by atoms with Crippen LogP contribution in [0.3, 0.4) is 0 Å². The normalized spacial score (nSPS) is 50.0. The first kappa shape index (κ1) is 11.0. The molecule has 0 heterocycles. The molecule has 88 valence electrons. The van der Waals surface area contributed by atoms with Gasteiger partial charge >= 0.3 is 0 Å². The average Bonchev–Trinajstić information content (AvgIpc) is 2.61. The van der Waals surface area contributed by atoms with Crippen LogP contribution in [0.4, 0.5) is 0 Å². The van der Waals surface area contributed by atoms with Gasteiger partial charge in [-0.05, 0) is 45.4 Å². The molecule has 3 aliphatic rings. The van der Waals surface area contributed by atoms with Crippen molar-refractivity contribution in [3.8, 4) is 0 Å². The molecule has 0 aromatic carbocycles. The summed E-state index contributed by atoms with van der Waals surface area (Å²) >= 11 is 3.82. The summed E-state index contributed by atoms with van der Waals surface area (Å²) in [7, 11) is 0. The third-order valence-corrected chi connectivity index (χ3v) is 6.61. The van der Waals surface area contributed by atoms with Gasteiger partial charge in [0.15, 0.2) is 5.78 Å². The second kappa shape index (κ2) is 3.01. The maximum absolute atomic E-state index is 12.6. The fourth-order valence-electron chi connectivity index (χ4n) is 4.52. The van der Waals surface area contributed by atoms with Gasteiger partial charge in [-0.1, -0.05) is 34.0 Å². The summed E-state index contributed by atoms with van der Waals surface area (Å²) in [5, 5.41) is 0. The molecule has 3 aliphatic carbocycles. The molecule has 0 spiro atoms. The van der Waals surface area contributed by atoms with E-state index in [4.69, 9.17) is 0 Å². The second-order valence-electron chi connectivity index (χ2n) is 6.26. The number of alkyl halides is 1. The van der Waals surface area contributed by atoms with Crippen molar-refractivity contribution in [3.63, 3.8) is 0 Å². The number of carbonyl (C=O) groups excluding carboxylic acids is 1. The molecule has 2 heteroatoms. The lowest BCUT2D eigenvalue weighted by Crippen LogP contribution is -2.39. The van der Waals surface area contributed by atoms with E-state index in [1.165, 1.54) is 12.0 Å². The summed E-state index contributed by atoms with van der Waals surface area (Å²) in [6, 6.07) is 0. The van der Waals surface area contributed by atoms with E-state index in [1.807, 2.05) is 0 Å². The smallest absolute Gasteiger partial charge is 0.156 e. The lowest BCUT2D eigenvalue weighted by molar-refractivity contribution is -0.130. The Balaban J connectivity index is 2.19. The van der Waals surface area contributed by atoms with Crippen molar-refractivity contribution in [2.75, 3.05) is 0 Å². The second-order valence-corrected chi connectivity index (χ2v) is 7.67.